The fourth-order valence-corrected chi connectivity index (χ4v) is 3.94. The lowest BCUT2D eigenvalue weighted by Gasteiger charge is -2.18. The Hall–Kier alpha value is -3.06. The predicted octanol–water partition coefficient (Wildman–Crippen LogP) is 6.51. The van der Waals surface area contributed by atoms with Gasteiger partial charge in [-0.3, -0.25) is 0 Å². The highest BCUT2D eigenvalue weighted by Crippen LogP contribution is 2.36. The predicted molar refractivity (Wildman–Crippen MR) is 107 cm³/mol. The summed E-state index contributed by atoms with van der Waals surface area (Å²) in [6.45, 7) is 0. The lowest BCUT2D eigenvalue weighted by molar-refractivity contribution is 0.992. The fraction of sp³-hybridized carbons (Fsp3) is 0.0833. The van der Waals surface area contributed by atoms with Crippen molar-refractivity contribution >= 4 is 33.1 Å². The van der Waals surface area contributed by atoms with Gasteiger partial charge < -0.3 is 4.57 Å². The van der Waals surface area contributed by atoms with Crippen molar-refractivity contribution in [3.63, 3.8) is 0 Å². The first kappa shape index (κ1) is 14.3. The van der Waals surface area contributed by atoms with E-state index in [1.807, 2.05) is 0 Å². The van der Waals surface area contributed by atoms with Gasteiger partial charge in [-0.05, 0) is 42.2 Å². The van der Waals surface area contributed by atoms with E-state index in [4.69, 9.17) is 0 Å². The molecule has 0 radical (unpaired) electrons. The average molecular weight is 321 g/mol. The highest BCUT2D eigenvalue weighted by atomic mass is 15.0. The second-order valence-corrected chi connectivity index (χ2v) is 6.59. The van der Waals surface area contributed by atoms with Gasteiger partial charge in [-0.2, -0.15) is 0 Å². The highest BCUT2D eigenvalue weighted by Gasteiger charge is 2.15. The van der Waals surface area contributed by atoms with Gasteiger partial charge in [0.15, 0.2) is 0 Å². The van der Waals surface area contributed by atoms with Gasteiger partial charge in [0, 0.05) is 16.5 Å². The molecule has 3 aromatic carbocycles. The molecule has 1 heterocycles. The zero-order chi connectivity index (χ0) is 16.6. The van der Waals surface area contributed by atoms with Crippen LogP contribution in [0.1, 0.15) is 18.4 Å². The van der Waals surface area contributed by atoms with Gasteiger partial charge in [0.2, 0.25) is 0 Å². The maximum Gasteiger partial charge on any atom is 0.0537 e. The average Bonchev–Trinajstić information content (AvgIpc) is 3.03. The number of para-hydroxylation sites is 2. The van der Waals surface area contributed by atoms with E-state index < -0.39 is 0 Å². The lowest BCUT2D eigenvalue weighted by Crippen LogP contribution is -2.01. The normalized spacial score (nSPS) is 14.6. The van der Waals surface area contributed by atoms with E-state index in [-0.39, 0.29) is 0 Å². The van der Waals surface area contributed by atoms with Crippen molar-refractivity contribution in [2.45, 2.75) is 12.8 Å². The second kappa shape index (κ2) is 5.78. The van der Waals surface area contributed by atoms with E-state index in [2.05, 4.69) is 95.6 Å². The molecule has 1 nitrogen and oxygen atoms in total. The summed E-state index contributed by atoms with van der Waals surface area (Å²) in [7, 11) is 0. The molecule has 25 heavy (non-hydrogen) atoms. The first-order chi connectivity index (χ1) is 12.4. The minimum Gasteiger partial charge on any atom is -0.313 e. The quantitative estimate of drug-likeness (QED) is 0.396. The van der Waals surface area contributed by atoms with Gasteiger partial charge in [0.05, 0.1) is 11.0 Å². The Morgan fingerprint density at radius 1 is 0.560 bits per heavy atom. The second-order valence-electron chi connectivity index (χ2n) is 6.59. The van der Waals surface area contributed by atoms with Gasteiger partial charge in [-0.1, -0.05) is 72.8 Å². The lowest BCUT2D eigenvalue weighted by atomic mass is 9.96. The van der Waals surface area contributed by atoms with Gasteiger partial charge in [0.25, 0.3) is 0 Å². The van der Waals surface area contributed by atoms with Crippen LogP contribution in [0, 0.1) is 0 Å². The van der Waals surface area contributed by atoms with Crippen molar-refractivity contribution in [1.29, 1.82) is 0 Å². The number of aromatic nitrogens is 1. The van der Waals surface area contributed by atoms with Crippen LogP contribution in [0.15, 0.2) is 91.0 Å². The molecule has 0 bridgehead atoms. The number of hydrogen-bond acceptors (Lipinski definition) is 0. The van der Waals surface area contributed by atoms with Crippen molar-refractivity contribution < 1.29 is 0 Å². The van der Waals surface area contributed by atoms with Crippen molar-refractivity contribution in [2.75, 3.05) is 0 Å². The number of allylic oxidation sites excluding steroid dienone is 4. The Balaban J connectivity index is 1.69. The largest absolute Gasteiger partial charge is 0.313 e. The van der Waals surface area contributed by atoms with Crippen LogP contribution in [0.5, 0.6) is 0 Å². The molecule has 0 amide bonds. The first-order valence-corrected chi connectivity index (χ1v) is 8.85. The van der Waals surface area contributed by atoms with Gasteiger partial charge in [0.1, 0.15) is 0 Å². The number of fused-ring (bicyclic) bond motifs is 3. The third kappa shape index (κ3) is 2.32. The Kier molecular flexibility index (Phi) is 3.31. The summed E-state index contributed by atoms with van der Waals surface area (Å²) >= 11 is 0. The number of hydrogen-bond donors (Lipinski definition) is 0. The van der Waals surface area contributed by atoms with Crippen molar-refractivity contribution in [2.24, 2.45) is 0 Å². The van der Waals surface area contributed by atoms with Crippen LogP contribution in [-0.4, -0.2) is 4.57 Å². The molecule has 0 spiro atoms. The van der Waals surface area contributed by atoms with Crippen molar-refractivity contribution in [1.82, 2.24) is 4.57 Å². The molecule has 0 aliphatic heterocycles. The number of benzene rings is 3. The summed E-state index contributed by atoms with van der Waals surface area (Å²) in [5, 5.41) is 2.66. The molecular formula is C24H19N. The van der Waals surface area contributed by atoms with Crippen molar-refractivity contribution in [3.8, 4) is 0 Å². The molecule has 4 aromatic rings. The molecule has 5 rings (SSSR count). The van der Waals surface area contributed by atoms with Crippen molar-refractivity contribution in [3.05, 3.63) is 96.6 Å². The van der Waals surface area contributed by atoms with E-state index in [0.29, 0.717) is 0 Å². The number of rotatable bonds is 2. The fourth-order valence-electron chi connectivity index (χ4n) is 3.94. The van der Waals surface area contributed by atoms with Crippen LogP contribution in [-0.2, 0) is 0 Å². The molecule has 1 aromatic heterocycles. The molecule has 0 fully saturated rings. The molecule has 0 saturated heterocycles. The minimum absolute atomic E-state index is 1.06. The summed E-state index contributed by atoms with van der Waals surface area (Å²) in [6, 6.07) is 28.1. The maximum atomic E-state index is 2.43. The van der Waals surface area contributed by atoms with Crippen LogP contribution < -0.4 is 0 Å². The smallest absolute Gasteiger partial charge is 0.0537 e. The highest BCUT2D eigenvalue weighted by molar-refractivity contribution is 6.10. The van der Waals surface area contributed by atoms with Crippen LogP contribution in [0.2, 0.25) is 0 Å². The molecular weight excluding hydrogens is 302 g/mol. The maximum absolute atomic E-state index is 2.43. The summed E-state index contributed by atoms with van der Waals surface area (Å²) in [5.74, 6) is 0. The van der Waals surface area contributed by atoms with E-state index >= 15 is 0 Å². The molecule has 1 aliphatic carbocycles. The van der Waals surface area contributed by atoms with E-state index in [1.165, 1.54) is 38.6 Å². The van der Waals surface area contributed by atoms with E-state index in [1.54, 1.807) is 0 Å². The Morgan fingerprint density at radius 2 is 1.16 bits per heavy atom. The summed E-state index contributed by atoms with van der Waals surface area (Å²) in [5.41, 5.74) is 6.72. The molecule has 1 heteroatoms. The summed E-state index contributed by atoms with van der Waals surface area (Å²) in [4.78, 5) is 0. The SMILES string of the molecule is C1=C(c2ccccc2)CCC(n2c3ccccc3c3ccccc32)=C1. The van der Waals surface area contributed by atoms with Gasteiger partial charge in [-0.15, -0.1) is 0 Å². The zero-order valence-electron chi connectivity index (χ0n) is 14.0. The number of nitrogens with zero attached hydrogens (tertiary/aromatic N) is 1. The van der Waals surface area contributed by atoms with Crippen LogP contribution in [0.3, 0.4) is 0 Å². The summed E-state index contributed by atoms with van der Waals surface area (Å²) < 4.78 is 2.43. The zero-order valence-corrected chi connectivity index (χ0v) is 14.0. The molecule has 0 atom stereocenters. The molecule has 0 unspecified atom stereocenters. The topological polar surface area (TPSA) is 4.93 Å². The van der Waals surface area contributed by atoms with Gasteiger partial charge >= 0.3 is 0 Å². The monoisotopic (exact) mass is 321 g/mol. The minimum atomic E-state index is 1.06. The molecule has 1 aliphatic rings. The molecule has 0 N–H and O–H groups in total. The van der Waals surface area contributed by atoms with Gasteiger partial charge in [-0.25, -0.2) is 0 Å². The first-order valence-electron chi connectivity index (χ1n) is 8.85. The molecule has 0 saturated carbocycles. The van der Waals surface area contributed by atoms with E-state index in [0.717, 1.165) is 12.8 Å². The van der Waals surface area contributed by atoms with E-state index in [9.17, 15) is 0 Å². The molecule has 120 valence electrons. The Labute approximate surface area is 147 Å². The third-order valence-corrected chi connectivity index (χ3v) is 5.14. The van der Waals surface area contributed by atoms with Crippen LogP contribution in [0.25, 0.3) is 33.1 Å². The third-order valence-electron chi connectivity index (χ3n) is 5.14. The Morgan fingerprint density at radius 3 is 1.76 bits per heavy atom. The van der Waals surface area contributed by atoms with Crippen LogP contribution in [0.4, 0.5) is 0 Å². The standard InChI is InChI=1S/C24H19N/c1-2-8-18(9-3-1)19-14-16-20(17-15-19)25-23-12-6-4-10-21(23)22-11-5-7-13-24(22)25/h1-14,16H,15,17H2. The summed E-state index contributed by atoms with van der Waals surface area (Å²) in [6.07, 6.45) is 6.72. The Bertz CT molecular complexity index is 1070. The van der Waals surface area contributed by atoms with Crippen LogP contribution >= 0.6 is 0 Å².